The maximum atomic E-state index is 9.18. The minimum atomic E-state index is -0.357. The molecule has 1 saturated heterocycles. The SMILES string of the molecule is CN(C)CCN1CCCC(N)(CO)C1. The summed E-state index contributed by atoms with van der Waals surface area (Å²) in [7, 11) is 4.15. The number of hydrogen-bond acceptors (Lipinski definition) is 4. The summed E-state index contributed by atoms with van der Waals surface area (Å²) in [4.78, 5) is 4.52. The highest BCUT2D eigenvalue weighted by Gasteiger charge is 2.30. The van der Waals surface area contributed by atoms with Crippen LogP contribution in [-0.4, -0.2) is 67.3 Å². The van der Waals surface area contributed by atoms with E-state index in [0.29, 0.717) is 0 Å². The van der Waals surface area contributed by atoms with Crippen molar-refractivity contribution in [3.05, 3.63) is 0 Å². The van der Waals surface area contributed by atoms with Gasteiger partial charge in [-0.15, -0.1) is 0 Å². The maximum absolute atomic E-state index is 9.18. The van der Waals surface area contributed by atoms with Crippen LogP contribution < -0.4 is 5.73 Å². The van der Waals surface area contributed by atoms with E-state index >= 15 is 0 Å². The Morgan fingerprint density at radius 3 is 2.79 bits per heavy atom. The summed E-state index contributed by atoms with van der Waals surface area (Å²) in [6.07, 6.45) is 2.05. The molecule has 1 fully saturated rings. The van der Waals surface area contributed by atoms with E-state index in [1.165, 1.54) is 0 Å². The first kappa shape index (κ1) is 11.9. The van der Waals surface area contributed by atoms with Crippen LogP contribution in [0.15, 0.2) is 0 Å². The summed E-state index contributed by atoms with van der Waals surface area (Å²) < 4.78 is 0. The molecular weight excluding hydrogens is 178 g/mol. The number of rotatable bonds is 4. The predicted octanol–water partition coefficient (Wildman–Crippen LogP) is -0.666. The second-order valence-electron chi connectivity index (χ2n) is 4.70. The van der Waals surface area contributed by atoms with E-state index in [-0.39, 0.29) is 12.1 Å². The molecule has 0 saturated carbocycles. The summed E-state index contributed by atoms with van der Waals surface area (Å²) in [5.41, 5.74) is 5.69. The van der Waals surface area contributed by atoms with Gasteiger partial charge in [-0.05, 0) is 33.5 Å². The zero-order valence-electron chi connectivity index (χ0n) is 9.37. The second kappa shape index (κ2) is 5.07. The first-order chi connectivity index (χ1) is 6.56. The molecule has 1 atom stereocenters. The van der Waals surface area contributed by atoms with Crippen LogP contribution in [-0.2, 0) is 0 Å². The van der Waals surface area contributed by atoms with Gasteiger partial charge in [0.1, 0.15) is 0 Å². The number of likely N-dealkylation sites (N-methyl/N-ethyl adjacent to an activating group) is 1. The largest absolute Gasteiger partial charge is 0.394 e. The first-order valence-corrected chi connectivity index (χ1v) is 5.32. The normalized spacial score (nSPS) is 29.8. The van der Waals surface area contributed by atoms with E-state index in [4.69, 9.17) is 5.73 Å². The van der Waals surface area contributed by atoms with Crippen molar-refractivity contribution in [3.8, 4) is 0 Å². The van der Waals surface area contributed by atoms with Gasteiger partial charge in [-0.1, -0.05) is 0 Å². The highest BCUT2D eigenvalue weighted by Crippen LogP contribution is 2.17. The Hall–Kier alpha value is -0.160. The predicted molar refractivity (Wildman–Crippen MR) is 58.2 cm³/mol. The van der Waals surface area contributed by atoms with Crippen LogP contribution in [0.4, 0.5) is 0 Å². The lowest BCUT2D eigenvalue weighted by molar-refractivity contribution is 0.0901. The molecule has 1 aliphatic rings. The molecule has 0 radical (unpaired) electrons. The number of aliphatic hydroxyl groups excluding tert-OH is 1. The Morgan fingerprint density at radius 2 is 2.21 bits per heavy atom. The third-order valence-corrected chi connectivity index (χ3v) is 2.87. The zero-order valence-corrected chi connectivity index (χ0v) is 9.37. The van der Waals surface area contributed by atoms with Crippen LogP contribution in [0.5, 0.6) is 0 Å². The number of piperidine rings is 1. The van der Waals surface area contributed by atoms with E-state index < -0.39 is 0 Å². The lowest BCUT2D eigenvalue weighted by atomic mass is 9.91. The monoisotopic (exact) mass is 201 g/mol. The van der Waals surface area contributed by atoms with E-state index in [2.05, 4.69) is 23.9 Å². The molecule has 1 heterocycles. The Labute approximate surface area is 86.7 Å². The van der Waals surface area contributed by atoms with Crippen molar-refractivity contribution in [1.82, 2.24) is 9.80 Å². The average molecular weight is 201 g/mol. The van der Waals surface area contributed by atoms with Crippen molar-refractivity contribution in [2.75, 3.05) is 46.9 Å². The standard InChI is InChI=1S/C10H23N3O/c1-12(2)6-7-13-5-3-4-10(11,8-13)9-14/h14H,3-9,11H2,1-2H3. The number of nitrogens with zero attached hydrogens (tertiary/aromatic N) is 2. The van der Waals surface area contributed by atoms with Gasteiger partial charge in [-0.25, -0.2) is 0 Å². The van der Waals surface area contributed by atoms with Crippen LogP contribution in [0.1, 0.15) is 12.8 Å². The molecule has 1 rings (SSSR count). The average Bonchev–Trinajstić information content (AvgIpc) is 2.15. The van der Waals surface area contributed by atoms with Crippen LogP contribution in [0, 0.1) is 0 Å². The van der Waals surface area contributed by atoms with Gasteiger partial charge in [0.2, 0.25) is 0 Å². The summed E-state index contributed by atoms with van der Waals surface area (Å²) in [6, 6.07) is 0. The lowest BCUT2D eigenvalue weighted by Gasteiger charge is -2.39. The summed E-state index contributed by atoms with van der Waals surface area (Å²) in [5.74, 6) is 0. The highest BCUT2D eigenvalue weighted by atomic mass is 16.3. The maximum Gasteiger partial charge on any atom is 0.0623 e. The Kier molecular flexibility index (Phi) is 4.31. The fourth-order valence-electron chi connectivity index (χ4n) is 1.92. The molecule has 1 unspecified atom stereocenters. The van der Waals surface area contributed by atoms with E-state index in [0.717, 1.165) is 39.0 Å². The van der Waals surface area contributed by atoms with Gasteiger partial charge in [0, 0.05) is 19.6 Å². The van der Waals surface area contributed by atoms with Crippen molar-refractivity contribution in [1.29, 1.82) is 0 Å². The molecule has 84 valence electrons. The number of nitrogens with two attached hydrogens (primary N) is 1. The molecule has 4 nitrogen and oxygen atoms in total. The van der Waals surface area contributed by atoms with Gasteiger partial charge in [-0.3, -0.25) is 0 Å². The fraction of sp³-hybridized carbons (Fsp3) is 1.00. The van der Waals surface area contributed by atoms with Gasteiger partial charge < -0.3 is 20.6 Å². The quantitative estimate of drug-likeness (QED) is 0.634. The lowest BCUT2D eigenvalue weighted by Crippen LogP contribution is -2.57. The smallest absolute Gasteiger partial charge is 0.0623 e. The number of hydrogen-bond donors (Lipinski definition) is 2. The molecule has 0 aromatic rings. The van der Waals surface area contributed by atoms with Crippen molar-refractivity contribution in [3.63, 3.8) is 0 Å². The molecule has 0 amide bonds. The molecule has 0 aromatic carbocycles. The third-order valence-electron chi connectivity index (χ3n) is 2.87. The van der Waals surface area contributed by atoms with Crippen LogP contribution >= 0.6 is 0 Å². The minimum absolute atomic E-state index is 0.103. The van der Waals surface area contributed by atoms with Crippen LogP contribution in [0.3, 0.4) is 0 Å². The molecule has 0 spiro atoms. The third kappa shape index (κ3) is 3.53. The van der Waals surface area contributed by atoms with Crippen molar-refractivity contribution >= 4 is 0 Å². The first-order valence-electron chi connectivity index (χ1n) is 5.32. The molecule has 0 bridgehead atoms. The molecule has 1 aliphatic heterocycles. The fourth-order valence-corrected chi connectivity index (χ4v) is 1.92. The van der Waals surface area contributed by atoms with Crippen molar-refractivity contribution in [2.24, 2.45) is 5.73 Å². The Balaban J connectivity index is 2.33. The molecule has 0 aliphatic carbocycles. The Morgan fingerprint density at radius 1 is 1.50 bits per heavy atom. The molecule has 3 N–H and O–H groups in total. The zero-order chi connectivity index (χ0) is 10.6. The van der Waals surface area contributed by atoms with Gasteiger partial charge in [0.15, 0.2) is 0 Å². The van der Waals surface area contributed by atoms with E-state index in [9.17, 15) is 5.11 Å². The summed E-state index contributed by atoms with van der Waals surface area (Å²) >= 11 is 0. The molecule has 14 heavy (non-hydrogen) atoms. The van der Waals surface area contributed by atoms with E-state index in [1.54, 1.807) is 0 Å². The topological polar surface area (TPSA) is 52.7 Å². The minimum Gasteiger partial charge on any atom is -0.394 e. The molecular formula is C10H23N3O. The van der Waals surface area contributed by atoms with E-state index in [1.807, 2.05) is 0 Å². The molecule has 0 aromatic heterocycles. The molecule has 4 heteroatoms. The van der Waals surface area contributed by atoms with Gasteiger partial charge in [0.25, 0.3) is 0 Å². The van der Waals surface area contributed by atoms with Gasteiger partial charge in [-0.2, -0.15) is 0 Å². The highest BCUT2D eigenvalue weighted by molar-refractivity contribution is 4.90. The van der Waals surface area contributed by atoms with Crippen molar-refractivity contribution in [2.45, 2.75) is 18.4 Å². The summed E-state index contributed by atoms with van der Waals surface area (Å²) in [5, 5.41) is 9.18. The van der Waals surface area contributed by atoms with Gasteiger partial charge in [0.05, 0.1) is 12.1 Å². The van der Waals surface area contributed by atoms with Crippen LogP contribution in [0.25, 0.3) is 0 Å². The summed E-state index contributed by atoms with van der Waals surface area (Å²) in [6.45, 7) is 4.16. The van der Waals surface area contributed by atoms with Gasteiger partial charge >= 0.3 is 0 Å². The second-order valence-corrected chi connectivity index (χ2v) is 4.70. The van der Waals surface area contributed by atoms with Crippen molar-refractivity contribution < 1.29 is 5.11 Å². The number of aliphatic hydroxyl groups is 1. The number of likely N-dealkylation sites (tertiary alicyclic amines) is 1. The Bertz CT molecular complexity index is 175. The van der Waals surface area contributed by atoms with Crippen LogP contribution in [0.2, 0.25) is 0 Å².